The van der Waals surface area contributed by atoms with Crippen molar-refractivity contribution >= 4 is 5.71 Å². The molecule has 5 heteroatoms. The van der Waals surface area contributed by atoms with E-state index in [4.69, 9.17) is 4.84 Å². The molecular formula is C17H21N3O2. The minimum absolute atomic E-state index is 0.0348. The van der Waals surface area contributed by atoms with E-state index in [1.807, 2.05) is 23.6 Å². The molecule has 5 nitrogen and oxygen atoms in total. The summed E-state index contributed by atoms with van der Waals surface area (Å²) in [6.45, 7) is 6.73. The number of hydrogen-bond donors (Lipinski definition) is 1. The predicted molar refractivity (Wildman–Crippen MR) is 84.7 cm³/mol. The molecule has 0 spiro atoms. The Hall–Kier alpha value is -2.14. The summed E-state index contributed by atoms with van der Waals surface area (Å²) in [6.07, 6.45) is 3.48. The minimum atomic E-state index is -0.260. The van der Waals surface area contributed by atoms with Crippen LogP contribution in [0, 0.1) is 5.41 Å². The molecular weight excluding hydrogens is 278 g/mol. The van der Waals surface area contributed by atoms with Crippen LogP contribution in [-0.4, -0.2) is 27.0 Å². The molecule has 1 unspecified atom stereocenters. The fourth-order valence-electron chi connectivity index (χ4n) is 3.30. The first-order chi connectivity index (χ1) is 10.6. The number of oxime groups is 1. The van der Waals surface area contributed by atoms with Gasteiger partial charge in [0.25, 0.3) is 0 Å². The number of imidazole rings is 1. The fraction of sp³-hybridized carbons (Fsp3) is 0.412. The standard InChI is InChI=1S/C17H21N3O2/c1-4-22-19-15-13-7-5-6-8-14(13)16(17(15,2)3)20-11-18-9-12(20)10-21/h5-9,11,16,21H,4,10H2,1-3H3. The Morgan fingerprint density at radius 3 is 2.86 bits per heavy atom. The van der Waals surface area contributed by atoms with Crippen LogP contribution < -0.4 is 0 Å². The van der Waals surface area contributed by atoms with Crippen molar-refractivity contribution in [3.63, 3.8) is 0 Å². The third kappa shape index (κ3) is 2.13. The maximum Gasteiger partial charge on any atom is 0.114 e. The maximum atomic E-state index is 9.58. The van der Waals surface area contributed by atoms with Crippen LogP contribution in [-0.2, 0) is 11.4 Å². The number of nitrogens with zero attached hydrogens (tertiary/aromatic N) is 3. The first-order valence-corrected chi connectivity index (χ1v) is 7.52. The van der Waals surface area contributed by atoms with Gasteiger partial charge in [0.2, 0.25) is 0 Å². The summed E-state index contributed by atoms with van der Waals surface area (Å²) in [7, 11) is 0. The summed E-state index contributed by atoms with van der Waals surface area (Å²) < 4.78 is 2.04. The van der Waals surface area contributed by atoms with Crippen LogP contribution in [0.4, 0.5) is 0 Å². The van der Waals surface area contributed by atoms with Gasteiger partial charge in [0.15, 0.2) is 0 Å². The second-order valence-corrected chi connectivity index (χ2v) is 6.02. The highest BCUT2D eigenvalue weighted by Gasteiger charge is 2.46. The number of aliphatic hydroxyl groups excluding tert-OH is 1. The smallest absolute Gasteiger partial charge is 0.114 e. The molecule has 0 radical (unpaired) electrons. The Bertz CT molecular complexity index is 703. The van der Waals surface area contributed by atoms with E-state index in [-0.39, 0.29) is 18.1 Å². The van der Waals surface area contributed by atoms with E-state index in [9.17, 15) is 5.11 Å². The van der Waals surface area contributed by atoms with Crippen LogP contribution in [0.3, 0.4) is 0 Å². The summed E-state index contributed by atoms with van der Waals surface area (Å²) >= 11 is 0. The maximum absolute atomic E-state index is 9.58. The molecule has 3 rings (SSSR count). The summed E-state index contributed by atoms with van der Waals surface area (Å²) in [5.74, 6) is 0. The third-order valence-electron chi connectivity index (χ3n) is 4.28. The lowest BCUT2D eigenvalue weighted by Gasteiger charge is -2.30. The third-order valence-corrected chi connectivity index (χ3v) is 4.28. The van der Waals surface area contributed by atoms with Crippen LogP contribution >= 0.6 is 0 Å². The Kier molecular flexibility index (Phi) is 3.74. The summed E-state index contributed by atoms with van der Waals surface area (Å²) in [6, 6.07) is 8.26. The van der Waals surface area contributed by atoms with Gasteiger partial charge in [0.05, 0.1) is 36.6 Å². The highest BCUT2D eigenvalue weighted by molar-refractivity contribution is 6.09. The number of aromatic nitrogens is 2. The normalized spacial score (nSPS) is 21.1. The van der Waals surface area contributed by atoms with Crippen molar-refractivity contribution in [3.8, 4) is 0 Å². The van der Waals surface area contributed by atoms with Gasteiger partial charge in [-0.05, 0) is 12.5 Å². The van der Waals surface area contributed by atoms with Gasteiger partial charge in [0, 0.05) is 11.0 Å². The zero-order chi connectivity index (χ0) is 15.7. The monoisotopic (exact) mass is 299 g/mol. The zero-order valence-corrected chi connectivity index (χ0v) is 13.2. The van der Waals surface area contributed by atoms with Crippen molar-refractivity contribution in [3.05, 3.63) is 53.6 Å². The van der Waals surface area contributed by atoms with E-state index in [2.05, 4.69) is 36.1 Å². The van der Waals surface area contributed by atoms with Crippen molar-refractivity contribution < 1.29 is 9.94 Å². The van der Waals surface area contributed by atoms with Gasteiger partial charge < -0.3 is 14.5 Å². The summed E-state index contributed by atoms with van der Waals surface area (Å²) in [5.41, 5.74) is 3.75. The molecule has 0 saturated heterocycles. The average molecular weight is 299 g/mol. The van der Waals surface area contributed by atoms with Crippen LogP contribution in [0.15, 0.2) is 41.9 Å². The molecule has 0 aliphatic heterocycles. The molecule has 22 heavy (non-hydrogen) atoms. The van der Waals surface area contributed by atoms with Crippen molar-refractivity contribution in [2.45, 2.75) is 33.4 Å². The molecule has 0 amide bonds. The Labute approximate surface area is 130 Å². The van der Waals surface area contributed by atoms with Crippen molar-refractivity contribution in [2.24, 2.45) is 10.6 Å². The highest BCUT2D eigenvalue weighted by Crippen LogP contribution is 2.48. The van der Waals surface area contributed by atoms with Crippen molar-refractivity contribution in [1.82, 2.24) is 9.55 Å². The molecule has 0 fully saturated rings. The van der Waals surface area contributed by atoms with Gasteiger partial charge >= 0.3 is 0 Å². The Morgan fingerprint density at radius 2 is 2.14 bits per heavy atom. The molecule has 116 valence electrons. The number of benzene rings is 1. The molecule has 1 heterocycles. The number of fused-ring (bicyclic) bond motifs is 1. The molecule has 1 atom stereocenters. The van der Waals surface area contributed by atoms with Gasteiger partial charge in [-0.3, -0.25) is 0 Å². The van der Waals surface area contributed by atoms with Gasteiger partial charge in [0.1, 0.15) is 6.61 Å². The largest absolute Gasteiger partial charge is 0.396 e. The molecule has 1 aromatic heterocycles. The zero-order valence-electron chi connectivity index (χ0n) is 13.2. The van der Waals surface area contributed by atoms with Crippen LogP contribution in [0.25, 0.3) is 0 Å². The van der Waals surface area contributed by atoms with E-state index in [0.717, 1.165) is 17.0 Å². The van der Waals surface area contributed by atoms with E-state index in [1.165, 1.54) is 5.56 Å². The van der Waals surface area contributed by atoms with Gasteiger partial charge in [-0.2, -0.15) is 0 Å². The second kappa shape index (κ2) is 5.57. The van der Waals surface area contributed by atoms with E-state index < -0.39 is 0 Å². The number of hydrogen-bond acceptors (Lipinski definition) is 4. The number of aliphatic hydroxyl groups is 1. The first-order valence-electron chi connectivity index (χ1n) is 7.52. The first kappa shape index (κ1) is 14.8. The number of rotatable bonds is 4. The topological polar surface area (TPSA) is 59.6 Å². The van der Waals surface area contributed by atoms with Gasteiger partial charge in [-0.15, -0.1) is 0 Å². The van der Waals surface area contributed by atoms with E-state index >= 15 is 0 Å². The highest BCUT2D eigenvalue weighted by atomic mass is 16.6. The molecule has 1 aliphatic carbocycles. The van der Waals surface area contributed by atoms with E-state index in [1.54, 1.807) is 12.5 Å². The second-order valence-electron chi connectivity index (χ2n) is 6.02. The SMILES string of the molecule is CCON=C1c2ccccc2C(n2cncc2CO)C1(C)C. The van der Waals surface area contributed by atoms with Gasteiger partial charge in [-0.25, -0.2) is 4.98 Å². The van der Waals surface area contributed by atoms with Crippen LogP contribution in [0.2, 0.25) is 0 Å². The van der Waals surface area contributed by atoms with Crippen LogP contribution in [0.5, 0.6) is 0 Å². The summed E-state index contributed by atoms with van der Waals surface area (Å²) in [4.78, 5) is 9.54. The molecule has 1 aromatic carbocycles. The average Bonchev–Trinajstić information content (AvgIpc) is 3.04. The minimum Gasteiger partial charge on any atom is -0.396 e. The molecule has 1 aliphatic rings. The predicted octanol–water partition coefficient (Wildman–Crippen LogP) is 2.75. The molecule has 1 N–H and O–H groups in total. The van der Waals surface area contributed by atoms with Crippen molar-refractivity contribution in [2.75, 3.05) is 6.61 Å². The lowest BCUT2D eigenvalue weighted by atomic mass is 9.83. The lowest BCUT2D eigenvalue weighted by molar-refractivity contribution is 0.154. The quantitative estimate of drug-likeness (QED) is 0.883. The fourth-order valence-corrected chi connectivity index (χ4v) is 3.30. The van der Waals surface area contributed by atoms with Crippen LogP contribution in [0.1, 0.15) is 43.6 Å². The molecule has 0 saturated carbocycles. The molecule has 2 aromatic rings. The lowest BCUT2D eigenvalue weighted by Crippen LogP contribution is -2.30. The summed E-state index contributed by atoms with van der Waals surface area (Å²) in [5, 5.41) is 13.9. The van der Waals surface area contributed by atoms with Gasteiger partial charge in [-0.1, -0.05) is 43.3 Å². The Morgan fingerprint density at radius 1 is 1.36 bits per heavy atom. The molecule has 0 bridgehead atoms. The van der Waals surface area contributed by atoms with Crippen molar-refractivity contribution in [1.29, 1.82) is 0 Å². The Balaban J connectivity index is 2.19. The van der Waals surface area contributed by atoms with E-state index in [0.29, 0.717) is 6.61 Å².